The molecule has 1 aliphatic rings. The molecule has 1 unspecified atom stereocenters. The van der Waals surface area contributed by atoms with E-state index in [2.05, 4.69) is 53.4 Å². The fourth-order valence-corrected chi connectivity index (χ4v) is 5.47. The van der Waals surface area contributed by atoms with Gasteiger partial charge in [0.25, 0.3) is 0 Å². The van der Waals surface area contributed by atoms with Gasteiger partial charge in [-0.2, -0.15) is 0 Å². The van der Waals surface area contributed by atoms with Crippen LogP contribution in [-0.4, -0.2) is 24.1 Å². The standard InChI is InChI=1S/C32H31Cl2N2O2/c33-29-13-12-28(21-30(29)34)32(23-36(31(37)38-24-32)22-27-10-5-2-6-11-27)16-7-17-35-18-14-26(15-19-35)20-25-8-3-1-4-9-25/h1-6,8-15,18-19,21H,7,16-17,20,22-24H2/q+1. The number of amides is 1. The highest BCUT2D eigenvalue weighted by atomic mass is 35.5. The number of aromatic nitrogens is 1. The maximum absolute atomic E-state index is 12.7. The Morgan fingerprint density at radius 1 is 0.816 bits per heavy atom. The summed E-state index contributed by atoms with van der Waals surface area (Å²) in [5.41, 5.74) is 4.32. The summed E-state index contributed by atoms with van der Waals surface area (Å²) in [6.45, 7) is 2.23. The number of halogens is 2. The van der Waals surface area contributed by atoms with Crippen molar-refractivity contribution in [2.24, 2.45) is 0 Å². The molecule has 2 heterocycles. The number of benzene rings is 3. The van der Waals surface area contributed by atoms with Gasteiger partial charge in [0.15, 0.2) is 12.4 Å². The maximum atomic E-state index is 12.7. The van der Waals surface area contributed by atoms with E-state index in [1.54, 1.807) is 4.90 Å². The van der Waals surface area contributed by atoms with E-state index in [4.69, 9.17) is 27.9 Å². The molecule has 1 atom stereocenters. The van der Waals surface area contributed by atoms with E-state index < -0.39 is 0 Å². The Bertz CT molecular complexity index is 1360. The summed E-state index contributed by atoms with van der Waals surface area (Å²) < 4.78 is 8.00. The van der Waals surface area contributed by atoms with E-state index in [0.717, 1.165) is 36.9 Å². The van der Waals surface area contributed by atoms with Gasteiger partial charge in [-0.05, 0) is 47.2 Å². The third-order valence-electron chi connectivity index (χ3n) is 7.25. The van der Waals surface area contributed by atoms with Crippen molar-refractivity contribution in [3.8, 4) is 0 Å². The molecular formula is C32H31Cl2N2O2+. The summed E-state index contributed by atoms with van der Waals surface area (Å²) in [7, 11) is 0. The van der Waals surface area contributed by atoms with Gasteiger partial charge in [0.2, 0.25) is 0 Å². The fraction of sp³-hybridized carbons (Fsp3) is 0.250. The van der Waals surface area contributed by atoms with Gasteiger partial charge < -0.3 is 9.64 Å². The van der Waals surface area contributed by atoms with Crippen LogP contribution in [0.4, 0.5) is 4.79 Å². The lowest BCUT2D eigenvalue weighted by Crippen LogP contribution is -2.52. The second-order valence-electron chi connectivity index (χ2n) is 10.0. The molecule has 0 N–H and O–H groups in total. The van der Waals surface area contributed by atoms with Gasteiger partial charge in [-0.3, -0.25) is 0 Å². The lowest BCUT2D eigenvalue weighted by atomic mass is 9.76. The monoisotopic (exact) mass is 545 g/mol. The number of aryl methyl sites for hydroxylation is 1. The van der Waals surface area contributed by atoms with Crippen molar-refractivity contribution in [1.29, 1.82) is 0 Å². The lowest BCUT2D eigenvalue weighted by molar-refractivity contribution is -0.697. The van der Waals surface area contributed by atoms with Crippen LogP contribution in [0.2, 0.25) is 10.0 Å². The number of rotatable bonds is 9. The number of cyclic esters (lactones) is 1. The minimum atomic E-state index is -0.384. The molecule has 6 heteroatoms. The maximum Gasteiger partial charge on any atom is 0.410 e. The van der Waals surface area contributed by atoms with E-state index in [9.17, 15) is 4.79 Å². The van der Waals surface area contributed by atoms with E-state index in [1.165, 1.54) is 11.1 Å². The second-order valence-corrected chi connectivity index (χ2v) is 10.8. The van der Waals surface area contributed by atoms with Crippen LogP contribution in [0.15, 0.2) is 103 Å². The van der Waals surface area contributed by atoms with Gasteiger partial charge in [0, 0.05) is 37.1 Å². The SMILES string of the molecule is O=C1OCC(CCC[n+]2ccc(Cc3ccccc3)cc2)(c2ccc(Cl)c(Cl)c2)CN1Cc1ccccc1. The predicted molar refractivity (Wildman–Crippen MR) is 151 cm³/mol. The van der Waals surface area contributed by atoms with E-state index in [-0.39, 0.29) is 11.5 Å². The molecule has 4 nitrogen and oxygen atoms in total. The van der Waals surface area contributed by atoms with Crippen molar-refractivity contribution in [2.45, 2.75) is 37.8 Å². The zero-order chi connectivity index (χ0) is 26.4. The first kappa shape index (κ1) is 26.3. The quantitative estimate of drug-likeness (QED) is 0.207. The fourth-order valence-electron chi connectivity index (χ4n) is 5.17. The summed E-state index contributed by atoms with van der Waals surface area (Å²) in [4.78, 5) is 14.5. The van der Waals surface area contributed by atoms with Crippen molar-refractivity contribution in [2.75, 3.05) is 13.2 Å². The predicted octanol–water partition coefficient (Wildman–Crippen LogP) is 7.24. The van der Waals surface area contributed by atoms with Gasteiger partial charge in [-0.1, -0.05) is 89.9 Å². The normalized spacial score (nSPS) is 17.3. The molecule has 4 aromatic rings. The van der Waals surface area contributed by atoms with Crippen molar-refractivity contribution in [3.63, 3.8) is 0 Å². The topological polar surface area (TPSA) is 33.4 Å². The average molecular weight is 547 g/mol. The van der Waals surface area contributed by atoms with Crippen LogP contribution < -0.4 is 4.57 Å². The Morgan fingerprint density at radius 2 is 1.47 bits per heavy atom. The minimum absolute atomic E-state index is 0.284. The summed E-state index contributed by atoms with van der Waals surface area (Å²) >= 11 is 12.7. The Balaban J connectivity index is 1.30. The van der Waals surface area contributed by atoms with Crippen LogP contribution >= 0.6 is 23.2 Å². The van der Waals surface area contributed by atoms with E-state index >= 15 is 0 Å². The summed E-state index contributed by atoms with van der Waals surface area (Å²) in [5.74, 6) is 0. The Kier molecular flexibility index (Phi) is 8.31. The van der Waals surface area contributed by atoms with Crippen LogP contribution in [0.3, 0.4) is 0 Å². The molecule has 5 rings (SSSR count). The molecule has 1 aliphatic heterocycles. The third kappa shape index (κ3) is 6.38. The van der Waals surface area contributed by atoms with E-state index in [1.807, 2.05) is 54.6 Å². The van der Waals surface area contributed by atoms with Gasteiger partial charge in [-0.15, -0.1) is 0 Å². The van der Waals surface area contributed by atoms with Crippen molar-refractivity contribution in [1.82, 2.24) is 4.90 Å². The minimum Gasteiger partial charge on any atom is -0.448 e. The second kappa shape index (κ2) is 12.0. The first-order valence-electron chi connectivity index (χ1n) is 12.9. The number of pyridine rings is 1. The first-order valence-corrected chi connectivity index (χ1v) is 13.7. The lowest BCUT2D eigenvalue weighted by Gasteiger charge is -2.42. The highest BCUT2D eigenvalue weighted by Crippen LogP contribution is 2.37. The number of ether oxygens (including phenoxy) is 1. The largest absolute Gasteiger partial charge is 0.448 e. The molecule has 0 spiro atoms. The van der Waals surface area contributed by atoms with Crippen LogP contribution in [0.1, 0.15) is 35.1 Å². The van der Waals surface area contributed by atoms with Crippen LogP contribution in [0, 0.1) is 0 Å². The van der Waals surface area contributed by atoms with Gasteiger partial charge in [0.1, 0.15) is 13.2 Å². The number of hydrogen-bond donors (Lipinski definition) is 0. The molecule has 1 amide bonds. The smallest absolute Gasteiger partial charge is 0.410 e. The highest BCUT2D eigenvalue weighted by molar-refractivity contribution is 6.42. The molecule has 38 heavy (non-hydrogen) atoms. The average Bonchev–Trinajstić information content (AvgIpc) is 2.94. The van der Waals surface area contributed by atoms with Crippen molar-refractivity contribution in [3.05, 3.63) is 136 Å². The molecular weight excluding hydrogens is 515 g/mol. The van der Waals surface area contributed by atoms with Crippen molar-refractivity contribution >= 4 is 29.3 Å². The third-order valence-corrected chi connectivity index (χ3v) is 7.99. The number of carbonyl (C=O) groups is 1. The Labute approximate surface area is 234 Å². The van der Waals surface area contributed by atoms with Crippen LogP contribution in [0.5, 0.6) is 0 Å². The molecule has 0 saturated carbocycles. The number of hydrogen-bond acceptors (Lipinski definition) is 2. The number of carbonyl (C=O) groups excluding carboxylic acids is 1. The van der Waals surface area contributed by atoms with Crippen molar-refractivity contribution < 1.29 is 14.1 Å². The zero-order valence-electron chi connectivity index (χ0n) is 21.2. The molecule has 0 radical (unpaired) electrons. The van der Waals surface area contributed by atoms with Gasteiger partial charge in [-0.25, -0.2) is 9.36 Å². The highest BCUT2D eigenvalue weighted by Gasteiger charge is 2.42. The molecule has 0 aliphatic carbocycles. The molecule has 1 saturated heterocycles. The van der Waals surface area contributed by atoms with Crippen LogP contribution in [0.25, 0.3) is 0 Å². The molecule has 1 fully saturated rings. The Hall–Kier alpha value is -3.34. The van der Waals surface area contributed by atoms with Gasteiger partial charge >= 0.3 is 6.09 Å². The van der Waals surface area contributed by atoms with Crippen LogP contribution in [-0.2, 0) is 29.7 Å². The molecule has 3 aromatic carbocycles. The summed E-state index contributed by atoms with van der Waals surface area (Å²) in [6.07, 6.45) is 6.68. The Morgan fingerprint density at radius 3 is 2.16 bits per heavy atom. The number of nitrogens with zero attached hydrogens (tertiary/aromatic N) is 2. The van der Waals surface area contributed by atoms with Gasteiger partial charge in [0.05, 0.1) is 10.0 Å². The first-order chi connectivity index (χ1) is 18.5. The summed E-state index contributed by atoms with van der Waals surface area (Å²) in [6, 6.07) is 30.7. The molecule has 194 valence electrons. The zero-order valence-corrected chi connectivity index (χ0v) is 22.7. The molecule has 1 aromatic heterocycles. The molecule has 0 bridgehead atoms. The summed E-state index contributed by atoms with van der Waals surface area (Å²) in [5, 5.41) is 1.03. The van der Waals surface area contributed by atoms with E-state index in [0.29, 0.717) is 29.7 Å².